The van der Waals surface area contributed by atoms with E-state index < -0.39 is 0 Å². The molecule has 0 fully saturated rings. The molecule has 0 aliphatic heterocycles. The van der Waals surface area contributed by atoms with Crippen LogP contribution in [0.15, 0.2) is 29.3 Å². The van der Waals surface area contributed by atoms with Crippen LogP contribution in [0.5, 0.6) is 0 Å². The summed E-state index contributed by atoms with van der Waals surface area (Å²) in [6.07, 6.45) is 0. The molecule has 0 heterocycles. The van der Waals surface area contributed by atoms with Gasteiger partial charge in [0.1, 0.15) is 0 Å². The first-order chi connectivity index (χ1) is 7.02. The second-order valence-electron chi connectivity index (χ2n) is 3.60. The van der Waals surface area contributed by atoms with Crippen LogP contribution in [0.2, 0.25) is 5.02 Å². The Morgan fingerprint density at radius 1 is 1.13 bits per heavy atom. The molecule has 76 valence electrons. The molecule has 0 N–H and O–H groups in total. The Bertz CT molecular complexity index is 514. The number of hydrogen-bond acceptors (Lipinski definition) is 2. The molecule has 0 bridgehead atoms. The summed E-state index contributed by atoms with van der Waals surface area (Å²) in [6, 6.07) is 5.25. The average molecular weight is 237 g/mol. The molecule has 1 aromatic carbocycles. The topological polar surface area (TPSA) is 17.1 Å². The summed E-state index contributed by atoms with van der Waals surface area (Å²) in [5, 5.41) is 0.567. The predicted molar refractivity (Wildman–Crippen MR) is 65.9 cm³/mol. The maximum atomic E-state index is 11.9. The number of thiocarbonyl (C=S) groups is 1. The van der Waals surface area contributed by atoms with Crippen LogP contribution in [0.25, 0.3) is 0 Å². The van der Waals surface area contributed by atoms with E-state index in [0.29, 0.717) is 10.6 Å². The van der Waals surface area contributed by atoms with Gasteiger partial charge in [-0.05, 0) is 31.6 Å². The van der Waals surface area contributed by atoms with E-state index in [1.807, 2.05) is 13.0 Å². The van der Waals surface area contributed by atoms with Crippen molar-refractivity contribution in [1.29, 1.82) is 0 Å². The standard InChI is InChI=1S/C12H9ClOS/c1-6-7(2)12(15)9-4-3-8(13)5-10(9)11(6)14/h3-5H,1-2H3. The van der Waals surface area contributed by atoms with Gasteiger partial charge < -0.3 is 0 Å². The summed E-state index contributed by atoms with van der Waals surface area (Å²) >= 11 is 11.2. The predicted octanol–water partition coefficient (Wildman–Crippen LogP) is 3.59. The Labute approximate surface area is 98.7 Å². The van der Waals surface area contributed by atoms with Crippen LogP contribution in [0.3, 0.4) is 0 Å². The number of benzene rings is 1. The summed E-state index contributed by atoms with van der Waals surface area (Å²) in [7, 11) is 0. The summed E-state index contributed by atoms with van der Waals surface area (Å²) in [6.45, 7) is 3.68. The van der Waals surface area contributed by atoms with E-state index in [4.69, 9.17) is 23.8 Å². The fourth-order valence-corrected chi connectivity index (χ4v) is 2.15. The minimum Gasteiger partial charge on any atom is -0.289 e. The summed E-state index contributed by atoms with van der Waals surface area (Å²) in [4.78, 5) is 12.7. The van der Waals surface area contributed by atoms with Gasteiger partial charge in [-0.2, -0.15) is 0 Å². The number of fused-ring (bicyclic) bond motifs is 1. The van der Waals surface area contributed by atoms with Crippen molar-refractivity contribution in [3.8, 4) is 0 Å². The van der Waals surface area contributed by atoms with E-state index >= 15 is 0 Å². The van der Waals surface area contributed by atoms with Gasteiger partial charge in [-0.1, -0.05) is 29.9 Å². The molecule has 1 aromatic rings. The lowest BCUT2D eigenvalue weighted by atomic mass is 9.86. The molecule has 1 aliphatic rings. The molecule has 0 radical (unpaired) electrons. The van der Waals surface area contributed by atoms with Crippen molar-refractivity contribution in [2.24, 2.45) is 0 Å². The molecule has 0 amide bonds. The normalized spacial score (nSPS) is 15.7. The first kappa shape index (κ1) is 10.5. The number of halogens is 1. The molecule has 15 heavy (non-hydrogen) atoms. The first-order valence-corrected chi connectivity index (χ1v) is 5.37. The summed E-state index contributed by atoms with van der Waals surface area (Å²) < 4.78 is 0. The van der Waals surface area contributed by atoms with Crippen molar-refractivity contribution >= 4 is 34.5 Å². The quantitative estimate of drug-likeness (QED) is 0.641. The summed E-state index contributed by atoms with van der Waals surface area (Å²) in [5.41, 5.74) is 3.05. The molecule has 0 unspecified atom stereocenters. The number of rotatable bonds is 0. The van der Waals surface area contributed by atoms with Crippen molar-refractivity contribution in [2.45, 2.75) is 13.8 Å². The van der Waals surface area contributed by atoms with Crippen molar-refractivity contribution in [2.75, 3.05) is 0 Å². The highest BCUT2D eigenvalue weighted by atomic mass is 35.5. The number of hydrogen-bond donors (Lipinski definition) is 0. The fraction of sp³-hybridized carbons (Fsp3) is 0.167. The van der Waals surface area contributed by atoms with Crippen LogP contribution < -0.4 is 0 Å². The SMILES string of the molecule is CC1=C(C)C(=S)c2ccc(Cl)cc2C1=O. The van der Waals surface area contributed by atoms with Gasteiger partial charge in [0.05, 0.1) is 0 Å². The van der Waals surface area contributed by atoms with Crippen molar-refractivity contribution in [3.63, 3.8) is 0 Å². The maximum absolute atomic E-state index is 11.9. The molecule has 0 saturated heterocycles. The zero-order valence-corrected chi connectivity index (χ0v) is 10.00. The molecule has 0 aromatic heterocycles. The van der Waals surface area contributed by atoms with Crippen molar-refractivity contribution in [3.05, 3.63) is 45.5 Å². The van der Waals surface area contributed by atoms with Gasteiger partial charge in [-0.3, -0.25) is 4.79 Å². The Morgan fingerprint density at radius 2 is 1.80 bits per heavy atom. The average Bonchev–Trinajstić information content (AvgIpc) is 2.23. The molecule has 0 atom stereocenters. The molecule has 0 saturated carbocycles. The van der Waals surface area contributed by atoms with E-state index in [0.717, 1.165) is 21.6 Å². The van der Waals surface area contributed by atoms with Crippen LogP contribution in [-0.2, 0) is 0 Å². The van der Waals surface area contributed by atoms with Crippen molar-refractivity contribution < 1.29 is 4.79 Å². The van der Waals surface area contributed by atoms with Gasteiger partial charge in [0.25, 0.3) is 0 Å². The van der Waals surface area contributed by atoms with Gasteiger partial charge in [0.2, 0.25) is 0 Å². The Kier molecular flexibility index (Phi) is 2.49. The fourth-order valence-electron chi connectivity index (χ4n) is 1.65. The van der Waals surface area contributed by atoms with Gasteiger partial charge in [0.15, 0.2) is 5.78 Å². The molecule has 1 aliphatic carbocycles. The lowest BCUT2D eigenvalue weighted by Gasteiger charge is -2.18. The third-order valence-corrected chi connectivity index (χ3v) is 3.48. The third-order valence-electron chi connectivity index (χ3n) is 2.71. The number of ketones is 1. The van der Waals surface area contributed by atoms with Crippen LogP contribution in [0.4, 0.5) is 0 Å². The Balaban J connectivity index is 2.73. The van der Waals surface area contributed by atoms with Crippen LogP contribution >= 0.6 is 23.8 Å². The van der Waals surface area contributed by atoms with Crippen LogP contribution in [0.1, 0.15) is 29.8 Å². The van der Waals surface area contributed by atoms with Gasteiger partial charge in [-0.15, -0.1) is 0 Å². The van der Waals surface area contributed by atoms with Gasteiger partial charge in [-0.25, -0.2) is 0 Å². The van der Waals surface area contributed by atoms with Gasteiger partial charge in [0, 0.05) is 26.6 Å². The second kappa shape index (κ2) is 3.54. The Hall–Kier alpha value is -0.990. The highest BCUT2D eigenvalue weighted by Crippen LogP contribution is 2.28. The highest BCUT2D eigenvalue weighted by Gasteiger charge is 2.24. The Morgan fingerprint density at radius 3 is 2.47 bits per heavy atom. The minimum absolute atomic E-state index is 0.0265. The minimum atomic E-state index is 0.0265. The molecule has 2 rings (SSSR count). The number of allylic oxidation sites excluding steroid dienone is 2. The lowest BCUT2D eigenvalue weighted by molar-refractivity contribution is 0.103. The molecular weight excluding hydrogens is 228 g/mol. The van der Waals surface area contributed by atoms with E-state index in [1.54, 1.807) is 19.1 Å². The molecule has 1 nitrogen and oxygen atoms in total. The largest absolute Gasteiger partial charge is 0.289 e. The van der Waals surface area contributed by atoms with Crippen molar-refractivity contribution in [1.82, 2.24) is 0 Å². The van der Waals surface area contributed by atoms with Crippen LogP contribution in [-0.4, -0.2) is 10.6 Å². The first-order valence-electron chi connectivity index (χ1n) is 4.59. The maximum Gasteiger partial charge on any atom is 0.189 e. The molecule has 0 spiro atoms. The van der Waals surface area contributed by atoms with Crippen LogP contribution in [0, 0.1) is 0 Å². The van der Waals surface area contributed by atoms with E-state index in [2.05, 4.69) is 0 Å². The zero-order valence-electron chi connectivity index (χ0n) is 8.43. The zero-order chi connectivity index (χ0) is 11.2. The lowest BCUT2D eigenvalue weighted by Crippen LogP contribution is -2.18. The second-order valence-corrected chi connectivity index (χ2v) is 4.44. The van der Waals surface area contributed by atoms with E-state index in [-0.39, 0.29) is 5.78 Å². The number of carbonyl (C=O) groups excluding carboxylic acids is 1. The van der Waals surface area contributed by atoms with E-state index in [9.17, 15) is 4.79 Å². The molecular formula is C12H9ClOS. The highest BCUT2D eigenvalue weighted by molar-refractivity contribution is 7.81. The number of Topliss-reactive ketones (excluding diaryl/α,β-unsaturated/α-hetero) is 1. The third kappa shape index (κ3) is 1.54. The number of carbonyl (C=O) groups is 1. The monoisotopic (exact) mass is 236 g/mol. The molecule has 3 heteroatoms. The summed E-state index contributed by atoms with van der Waals surface area (Å²) in [5.74, 6) is 0.0265. The van der Waals surface area contributed by atoms with Gasteiger partial charge >= 0.3 is 0 Å². The smallest absolute Gasteiger partial charge is 0.189 e. The van der Waals surface area contributed by atoms with E-state index in [1.165, 1.54) is 0 Å².